The van der Waals surface area contributed by atoms with Crippen LogP contribution in [0, 0.1) is 5.41 Å². The zero-order valence-corrected chi connectivity index (χ0v) is 17.9. The first kappa shape index (κ1) is 21.9. The Hall–Kier alpha value is -3.29. The lowest BCUT2D eigenvalue weighted by Gasteiger charge is -2.39. The second-order valence-corrected chi connectivity index (χ2v) is 9.01. The SMILES string of the molecule is CC1(C)CCCN(c2ccc(-n3cc(C(N)=O)c(=O)c4ccccc43)c(C(F)(F)F)c2)C1. The Morgan fingerprint density at radius 2 is 1.84 bits per heavy atom. The number of nitrogens with zero attached hydrogens (tertiary/aromatic N) is 2. The number of halogens is 3. The molecule has 4 rings (SSSR count). The number of para-hydroxylation sites is 1. The fourth-order valence-corrected chi connectivity index (χ4v) is 4.45. The van der Waals surface area contributed by atoms with Gasteiger partial charge in [-0.1, -0.05) is 26.0 Å². The van der Waals surface area contributed by atoms with Gasteiger partial charge in [0.2, 0.25) is 5.43 Å². The van der Waals surface area contributed by atoms with Crippen LogP contribution in [0.4, 0.5) is 18.9 Å². The van der Waals surface area contributed by atoms with E-state index in [9.17, 15) is 22.8 Å². The van der Waals surface area contributed by atoms with Crippen molar-refractivity contribution in [2.75, 3.05) is 18.0 Å². The number of primary amides is 1. The van der Waals surface area contributed by atoms with Crippen molar-refractivity contribution in [3.63, 3.8) is 0 Å². The number of carbonyl (C=O) groups is 1. The zero-order chi connectivity index (χ0) is 23.3. The first-order chi connectivity index (χ1) is 15.0. The van der Waals surface area contributed by atoms with E-state index in [0.717, 1.165) is 25.1 Å². The summed E-state index contributed by atoms with van der Waals surface area (Å²) in [6, 6.07) is 10.4. The molecule has 168 valence electrons. The molecule has 0 bridgehead atoms. The number of benzene rings is 2. The summed E-state index contributed by atoms with van der Waals surface area (Å²) in [5.74, 6) is -0.991. The fourth-order valence-electron chi connectivity index (χ4n) is 4.45. The molecule has 2 heterocycles. The molecular weight excluding hydrogens is 419 g/mol. The number of fused-ring (bicyclic) bond motifs is 1. The van der Waals surface area contributed by atoms with Crippen molar-refractivity contribution in [1.29, 1.82) is 0 Å². The maximum atomic E-state index is 14.2. The largest absolute Gasteiger partial charge is 0.418 e. The summed E-state index contributed by atoms with van der Waals surface area (Å²) in [4.78, 5) is 26.4. The first-order valence-electron chi connectivity index (χ1n) is 10.4. The highest BCUT2D eigenvalue weighted by atomic mass is 19.4. The normalized spacial score (nSPS) is 16.3. The van der Waals surface area contributed by atoms with Gasteiger partial charge in [0.1, 0.15) is 5.56 Å². The Labute approximate surface area is 183 Å². The second-order valence-electron chi connectivity index (χ2n) is 9.01. The number of pyridine rings is 1. The van der Waals surface area contributed by atoms with Gasteiger partial charge >= 0.3 is 6.18 Å². The number of carbonyl (C=O) groups excluding carboxylic acids is 1. The Balaban J connectivity index is 1.95. The van der Waals surface area contributed by atoms with Gasteiger partial charge < -0.3 is 15.2 Å². The van der Waals surface area contributed by atoms with E-state index in [4.69, 9.17) is 5.73 Å². The molecule has 2 N–H and O–H groups in total. The van der Waals surface area contributed by atoms with Crippen molar-refractivity contribution in [3.8, 4) is 5.69 Å². The van der Waals surface area contributed by atoms with Crippen LogP contribution >= 0.6 is 0 Å². The van der Waals surface area contributed by atoms with Gasteiger partial charge in [-0.15, -0.1) is 0 Å². The molecule has 5 nitrogen and oxygen atoms in total. The lowest BCUT2D eigenvalue weighted by molar-refractivity contribution is -0.137. The van der Waals surface area contributed by atoms with Crippen LogP contribution in [0.15, 0.2) is 53.5 Å². The summed E-state index contributed by atoms with van der Waals surface area (Å²) in [5, 5.41) is 0.124. The molecule has 1 fully saturated rings. The molecule has 0 saturated carbocycles. The van der Waals surface area contributed by atoms with Crippen LogP contribution in [0.5, 0.6) is 0 Å². The Morgan fingerprint density at radius 1 is 1.12 bits per heavy atom. The minimum absolute atomic E-state index is 0.0145. The van der Waals surface area contributed by atoms with Crippen molar-refractivity contribution >= 4 is 22.5 Å². The molecule has 1 saturated heterocycles. The maximum Gasteiger partial charge on any atom is 0.418 e. The van der Waals surface area contributed by atoms with Gasteiger partial charge in [-0.05, 0) is 48.6 Å². The summed E-state index contributed by atoms with van der Waals surface area (Å²) in [7, 11) is 0. The standard InChI is InChI=1S/C24H24F3N3O2/c1-23(2)10-5-11-29(14-23)15-8-9-20(18(12-15)24(25,26)27)30-13-17(22(28)32)21(31)16-6-3-4-7-19(16)30/h3-4,6-9,12-13H,5,10-11,14H2,1-2H3,(H2,28,32). The van der Waals surface area contributed by atoms with Gasteiger partial charge in [0.25, 0.3) is 5.91 Å². The third-order valence-corrected chi connectivity index (χ3v) is 5.99. The highest BCUT2D eigenvalue weighted by Gasteiger charge is 2.36. The molecule has 1 aliphatic heterocycles. The third-order valence-electron chi connectivity index (χ3n) is 5.99. The molecule has 2 aromatic carbocycles. The van der Waals surface area contributed by atoms with Crippen LogP contribution in [0.3, 0.4) is 0 Å². The summed E-state index contributed by atoms with van der Waals surface area (Å²) >= 11 is 0. The minimum atomic E-state index is -4.65. The average molecular weight is 443 g/mol. The minimum Gasteiger partial charge on any atom is -0.371 e. The molecule has 1 aromatic heterocycles. The van der Waals surface area contributed by atoms with Gasteiger partial charge in [0, 0.05) is 30.4 Å². The van der Waals surface area contributed by atoms with E-state index >= 15 is 0 Å². The first-order valence-corrected chi connectivity index (χ1v) is 10.4. The van der Waals surface area contributed by atoms with Gasteiger partial charge in [-0.3, -0.25) is 9.59 Å². The van der Waals surface area contributed by atoms with E-state index in [-0.39, 0.29) is 27.6 Å². The predicted octanol–water partition coefficient (Wildman–Crippen LogP) is 4.73. The second kappa shape index (κ2) is 7.69. The van der Waals surface area contributed by atoms with Gasteiger partial charge in [0.05, 0.1) is 16.8 Å². The van der Waals surface area contributed by atoms with Crippen molar-refractivity contribution < 1.29 is 18.0 Å². The van der Waals surface area contributed by atoms with Crippen LogP contribution in [-0.2, 0) is 6.18 Å². The fraction of sp³-hybridized carbons (Fsp3) is 0.333. The number of rotatable bonds is 3. The predicted molar refractivity (Wildman–Crippen MR) is 118 cm³/mol. The van der Waals surface area contributed by atoms with Crippen molar-refractivity contribution in [2.45, 2.75) is 32.9 Å². The number of nitrogens with two attached hydrogens (primary N) is 1. The Morgan fingerprint density at radius 3 is 2.50 bits per heavy atom. The zero-order valence-electron chi connectivity index (χ0n) is 17.9. The van der Waals surface area contributed by atoms with E-state index in [0.29, 0.717) is 18.8 Å². The Bertz CT molecular complexity index is 1260. The van der Waals surface area contributed by atoms with E-state index in [1.165, 1.54) is 16.7 Å². The maximum absolute atomic E-state index is 14.2. The quantitative estimate of drug-likeness (QED) is 0.636. The van der Waals surface area contributed by atoms with Crippen molar-refractivity contribution in [2.24, 2.45) is 11.1 Å². The molecule has 0 radical (unpaired) electrons. The molecule has 0 atom stereocenters. The number of aromatic nitrogens is 1. The number of piperidine rings is 1. The number of hydrogen-bond acceptors (Lipinski definition) is 3. The van der Waals surface area contributed by atoms with Gasteiger partial charge in [-0.25, -0.2) is 0 Å². The van der Waals surface area contributed by atoms with Gasteiger partial charge in [-0.2, -0.15) is 13.2 Å². The van der Waals surface area contributed by atoms with E-state index in [1.807, 2.05) is 4.90 Å². The Kier molecular flexibility index (Phi) is 5.27. The lowest BCUT2D eigenvalue weighted by atomic mass is 9.84. The van der Waals surface area contributed by atoms with Crippen LogP contribution in [-0.4, -0.2) is 23.6 Å². The highest BCUT2D eigenvalue weighted by molar-refractivity contribution is 5.96. The topological polar surface area (TPSA) is 68.3 Å². The van der Waals surface area contributed by atoms with Crippen molar-refractivity contribution in [1.82, 2.24) is 4.57 Å². The molecule has 0 unspecified atom stereocenters. The summed E-state index contributed by atoms with van der Waals surface area (Å²) in [6.45, 7) is 5.56. The number of alkyl halides is 3. The number of amides is 1. The third kappa shape index (κ3) is 3.97. The summed E-state index contributed by atoms with van der Waals surface area (Å²) in [6.07, 6.45) is -1.62. The average Bonchev–Trinajstić information content (AvgIpc) is 2.72. The van der Waals surface area contributed by atoms with E-state index < -0.39 is 23.1 Å². The molecule has 1 amide bonds. The van der Waals surface area contributed by atoms with E-state index in [2.05, 4.69) is 13.8 Å². The lowest BCUT2D eigenvalue weighted by Crippen LogP contribution is -2.40. The molecule has 0 aliphatic carbocycles. The molecule has 0 spiro atoms. The molecule has 8 heteroatoms. The van der Waals surface area contributed by atoms with Crippen molar-refractivity contribution in [3.05, 3.63) is 70.0 Å². The summed E-state index contributed by atoms with van der Waals surface area (Å²) < 4.78 is 43.8. The smallest absolute Gasteiger partial charge is 0.371 e. The van der Waals surface area contributed by atoms with E-state index in [1.54, 1.807) is 24.3 Å². The molecule has 1 aliphatic rings. The van der Waals surface area contributed by atoms with Gasteiger partial charge in [0.15, 0.2) is 0 Å². The molecule has 3 aromatic rings. The molecular formula is C24H24F3N3O2. The van der Waals surface area contributed by atoms with Crippen LogP contribution in [0.25, 0.3) is 16.6 Å². The highest BCUT2D eigenvalue weighted by Crippen LogP contribution is 2.39. The van der Waals surface area contributed by atoms with Crippen LogP contribution in [0.1, 0.15) is 42.6 Å². The van der Waals surface area contributed by atoms with Crippen LogP contribution in [0.2, 0.25) is 0 Å². The number of hydrogen-bond donors (Lipinski definition) is 1. The number of anilines is 1. The monoisotopic (exact) mass is 443 g/mol. The summed E-state index contributed by atoms with van der Waals surface area (Å²) in [5.41, 5.74) is 4.13. The van der Waals surface area contributed by atoms with Crippen LogP contribution < -0.4 is 16.1 Å². The molecule has 32 heavy (non-hydrogen) atoms.